The molecule has 4 nitrogen and oxygen atoms in total. The fourth-order valence-corrected chi connectivity index (χ4v) is 7.83. The van der Waals surface area contributed by atoms with E-state index in [1.54, 1.807) is 0 Å². The van der Waals surface area contributed by atoms with Crippen molar-refractivity contribution in [2.75, 3.05) is 4.90 Å². The van der Waals surface area contributed by atoms with Crippen LogP contribution in [-0.4, -0.2) is 4.57 Å². The van der Waals surface area contributed by atoms with Crippen LogP contribution in [0.2, 0.25) is 0 Å². The number of anilines is 1. The topological polar surface area (TPSA) is 45.1 Å². The van der Waals surface area contributed by atoms with Gasteiger partial charge in [-0.15, -0.1) is 0 Å². The first kappa shape index (κ1) is 27.5. The number of aromatic nitrogens is 1. The van der Waals surface area contributed by atoms with Crippen LogP contribution >= 0.6 is 0 Å². The fraction of sp³-hybridized carbons (Fsp3) is 0.0444. The van der Waals surface area contributed by atoms with Gasteiger partial charge in [0.05, 0.1) is 22.7 Å². The van der Waals surface area contributed by atoms with Gasteiger partial charge in [0.25, 0.3) is 0 Å². The first-order valence-corrected chi connectivity index (χ1v) is 16.6. The smallest absolute Gasteiger partial charge is 0.143 e. The van der Waals surface area contributed by atoms with Crippen LogP contribution in [0.25, 0.3) is 71.7 Å². The molecule has 3 heterocycles. The van der Waals surface area contributed by atoms with Gasteiger partial charge in [0.1, 0.15) is 11.2 Å². The lowest BCUT2D eigenvalue weighted by Crippen LogP contribution is -2.20. The zero-order valence-corrected chi connectivity index (χ0v) is 26.6. The average molecular weight is 628 g/mol. The summed E-state index contributed by atoms with van der Waals surface area (Å²) in [4.78, 5) is 2.47. The molecule has 10 rings (SSSR count). The molecule has 0 aliphatic carbocycles. The van der Waals surface area contributed by atoms with Crippen LogP contribution in [0.5, 0.6) is 0 Å². The Hall–Kier alpha value is -6.57. The van der Waals surface area contributed by atoms with Gasteiger partial charge >= 0.3 is 0 Å². The molecule has 7 aromatic carbocycles. The molecule has 0 fully saturated rings. The molecule has 49 heavy (non-hydrogen) atoms. The van der Waals surface area contributed by atoms with Crippen LogP contribution in [0.1, 0.15) is 16.7 Å². The van der Waals surface area contributed by atoms with Gasteiger partial charge in [0.15, 0.2) is 0 Å². The maximum Gasteiger partial charge on any atom is 0.143 e. The molecule has 4 heteroatoms. The van der Waals surface area contributed by atoms with Gasteiger partial charge in [-0.25, -0.2) is 0 Å². The second kappa shape index (κ2) is 10.7. The van der Waals surface area contributed by atoms with Crippen molar-refractivity contribution in [3.8, 4) is 34.0 Å². The highest BCUT2D eigenvalue weighted by molar-refractivity contribution is 6.10. The molecule has 230 valence electrons. The Labute approximate surface area is 283 Å². The summed E-state index contributed by atoms with van der Waals surface area (Å²) in [6, 6.07) is 56.0. The number of nitrogens with zero attached hydrogens (tertiary/aromatic N) is 3. The van der Waals surface area contributed by atoms with E-state index in [1.807, 2.05) is 24.3 Å². The molecule has 0 bridgehead atoms. The number of furan rings is 1. The minimum absolute atomic E-state index is 0.668. The van der Waals surface area contributed by atoms with Crippen LogP contribution in [0.15, 0.2) is 156 Å². The number of nitriles is 1. The van der Waals surface area contributed by atoms with Crippen molar-refractivity contribution in [1.29, 1.82) is 5.26 Å². The Kier molecular flexibility index (Phi) is 6.03. The summed E-state index contributed by atoms with van der Waals surface area (Å²) in [5, 5.41) is 14.2. The zero-order valence-electron chi connectivity index (χ0n) is 26.6. The Morgan fingerprint density at radius 2 is 1.29 bits per heavy atom. The van der Waals surface area contributed by atoms with Crippen LogP contribution in [-0.2, 0) is 13.1 Å². The monoisotopic (exact) mass is 627 g/mol. The summed E-state index contributed by atoms with van der Waals surface area (Å²) in [5.74, 6) is 0. The summed E-state index contributed by atoms with van der Waals surface area (Å²) >= 11 is 0. The standard InChI is InChI=1S/C45H29N3O/c46-26-29-17-22-43-41(23-29)37-11-4-6-15-42(37)48(43)34-20-18-31-27-47(33-9-2-1-3-10-33)28-32-24-30(19-21-35(32)40(31)25-34)36-13-8-14-39-38-12-5-7-16-44(38)49-45(36)39/h1-25H,27-28H2. The zero-order chi connectivity index (χ0) is 32.5. The molecule has 0 saturated carbocycles. The third-order valence-electron chi connectivity index (χ3n) is 10.1. The third kappa shape index (κ3) is 4.30. The van der Waals surface area contributed by atoms with Crippen molar-refractivity contribution >= 4 is 49.4 Å². The van der Waals surface area contributed by atoms with E-state index >= 15 is 0 Å². The first-order valence-electron chi connectivity index (χ1n) is 16.6. The summed E-state index contributed by atoms with van der Waals surface area (Å²) < 4.78 is 8.80. The summed E-state index contributed by atoms with van der Waals surface area (Å²) in [7, 11) is 0. The van der Waals surface area contributed by atoms with Gasteiger partial charge in [-0.1, -0.05) is 91.0 Å². The van der Waals surface area contributed by atoms with Crippen molar-refractivity contribution in [3.05, 3.63) is 168 Å². The highest BCUT2D eigenvalue weighted by Crippen LogP contribution is 2.42. The van der Waals surface area contributed by atoms with Gasteiger partial charge in [-0.2, -0.15) is 5.26 Å². The van der Waals surface area contributed by atoms with E-state index in [9.17, 15) is 5.26 Å². The van der Waals surface area contributed by atoms with Crippen molar-refractivity contribution < 1.29 is 4.42 Å². The number of fused-ring (bicyclic) bond motifs is 9. The molecule has 2 aromatic heterocycles. The molecule has 0 unspecified atom stereocenters. The maximum atomic E-state index is 9.66. The number of hydrogen-bond acceptors (Lipinski definition) is 3. The Balaban J connectivity index is 1.18. The van der Waals surface area contributed by atoms with Crippen LogP contribution in [0.3, 0.4) is 0 Å². The highest BCUT2D eigenvalue weighted by Gasteiger charge is 2.23. The molecule has 0 spiro atoms. The lowest BCUT2D eigenvalue weighted by Gasteiger charge is -2.24. The summed E-state index contributed by atoms with van der Waals surface area (Å²) in [5.41, 5.74) is 14.3. The quantitative estimate of drug-likeness (QED) is 0.196. The van der Waals surface area contributed by atoms with Gasteiger partial charge in [0, 0.05) is 51.6 Å². The summed E-state index contributed by atoms with van der Waals surface area (Å²) in [6.45, 7) is 1.57. The highest BCUT2D eigenvalue weighted by atomic mass is 16.3. The molecule has 0 atom stereocenters. The molecular formula is C45H29N3O. The van der Waals surface area contributed by atoms with E-state index in [2.05, 4.69) is 143 Å². The molecule has 0 N–H and O–H groups in total. The molecule has 0 saturated heterocycles. The van der Waals surface area contributed by atoms with Gasteiger partial charge in [0.2, 0.25) is 0 Å². The van der Waals surface area contributed by atoms with Crippen molar-refractivity contribution in [2.24, 2.45) is 0 Å². The van der Waals surface area contributed by atoms with E-state index in [1.165, 1.54) is 27.9 Å². The Morgan fingerprint density at radius 1 is 0.510 bits per heavy atom. The van der Waals surface area contributed by atoms with Crippen molar-refractivity contribution in [2.45, 2.75) is 13.1 Å². The lowest BCUT2D eigenvalue weighted by atomic mass is 9.92. The normalized spacial score (nSPS) is 12.7. The number of hydrogen-bond donors (Lipinski definition) is 0. The Morgan fingerprint density at radius 3 is 2.18 bits per heavy atom. The molecule has 0 radical (unpaired) electrons. The summed E-state index contributed by atoms with van der Waals surface area (Å²) in [6.07, 6.45) is 0. The van der Waals surface area contributed by atoms with E-state index in [-0.39, 0.29) is 0 Å². The lowest BCUT2D eigenvalue weighted by molar-refractivity contribution is 0.670. The number of benzene rings is 7. The minimum atomic E-state index is 0.668. The van der Waals surface area contributed by atoms with E-state index < -0.39 is 0 Å². The number of rotatable bonds is 3. The fourth-order valence-electron chi connectivity index (χ4n) is 7.83. The Bertz CT molecular complexity index is 2800. The SMILES string of the molecule is N#Cc1ccc2c(c1)c1ccccc1n2-c1ccc2c(c1)-c1ccc(-c3cccc4c3oc3ccccc34)cc1CN(c1ccccc1)C2. The predicted molar refractivity (Wildman–Crippen MR) is 200 cm³/mol. The molecule has 1 aliphatic heterocycles. The number of para-hydroxylation sites is 4. The van der Waals surface area contributed by atoms with Crippen LogP contribution in [0, 0.1) is 11.3 Å². The van der Waals surface area contributed by atoms with Crippen molar-refractivity contribution in [3.63, 3.8) is 0 Å². The largest absolute Gasteiger partial charge is 0.455 e. The van der Waals surface area contributed by atoms with Gasteiger partial charge < -0.3 is 13.9 Å². The average Bonchev–Trinajstić information content (AvgIpc) is 3.65. The van der Waals surface area contributed by atoms with E-state index in [0.29, 0.717) is 5.56 Å². The second-order valence-electron chi connectivity index (χ2n) is 12.9. The molecular weight excluding hydrogens is 599 g/mol. The predicted octanol–water partition coefficient (Wildman–Crippen LogP) is 11.4. The van der Waals surface area contributed by atoms with E-state index in [4.69, 9.17) is 4.42 Å². The first-order chi connectivity index (χ1) is 24.2. The van der Waals surface area contributed by atoms with Crippen LogP contribution < -0.4 is 4.90 Å². The maximum absolute atomic E-state index is 9.66. The van der Waals surface area contributed by atoms with Gasteiger partial charge in [-0.05, 0) is 88.5 Å². The molecule has 9 aromatic rings. The third-order valence-corrected chi connectivity index (χ3v) is 10.1. The van der Waals surface area contributed by atoms with Crippen LogP contribution in [0.4, 0.5) is 5.69 Å². The second-order valence-corrected chi connectivity index (χ2v) is 12.9. The molecule has 1 aliphatic rings. The molecule has 0 amide bonds. The van der Waals surface area contributed by atoms with E-state index in [0.717, 1.165) is 73.6 Å². The minimum Gasteiger partial charge on any atom is -0.455 e. The van der Waals surface area contributed by atoms with Crippen molar-refractivity contribution in [1.82, 2.24) is 4.57 Å². The van der Waals surface area contributed by atoms with Gasteiger partial charge in [-0.3, -0.25) is 0 Å².